The van der Waals surface area contributed by atoms with E-state index in [1.165, 1.54) is 0 Å². The van der Waals surface area contributed by atoms with E-state index in [2.05, 4.69) is 19.8 Å². The first-order valence-electron chi connectivity index (χ1n) is 11.2. The molecule has 1 N–H and O–H groups in total. The summed E-state index contributed by atoms with van der Waals surface area (Å²) < 4.78 is 10.8. The standard InChI is InChI=1S/C26H23N5O3/c1-33-18-9-10-21-22(15-18)29-26(28-21)31-13-11-30(12-14-31)16-23-25(32)34-24(27-23)20-8-4-6-17-5-2-3-7-19(17)20/h2-10,15-16H,11-14H2,1H3,(H,28,29)/b23-16-. The largest absolute Gasteiger partial charge is 0.497 e. The zero-order valence-corrected chi connectivity index (χ0v) is 18.7. The summed E-state index contributed by atoms with van der Waals surface area (Å²) in [5.74, 6) is 1.57. The number of methoxy groups -OCH3 is 1. The van der Waals surface area contributed by atoms with Crippen LogP contribution in [0, 0.1) is 0 Å². The van der Waals surface area contributed by atoms with Gasteiger partial charge < -0.3 is 24.3 Å². The van der Waals surface area contributed by atoms with Crippen molar-refractivity contribution in [1.82, 2.24) is 14.9 Å². The zero-order chi connectivity index (χ0) is 23.1. The van der Waals surface area contributed by atoms with Crippen LogP contribution in [0.3, 0.4) is 0 Å². The van der Waals surface area contributed by atoms with Gasteiger partial charge in [-0.15, -0.1) is 0 Å². The summed E-state index contributed by atoms with van der Waals surface area (Å²) in [6.07, 6.45) is 1.81. The Labute approximate surface area is 196 Å². The van der Waals surface area contributed by atoms with Crippen molar-refractivity contribution in [3.05, 3.63) is 78.1 Å². The fourth-order valence-corrected chi connectivity index (χ4v) is 4.41. The molecular weight excluding hydrogens is 430 g/mol. The Balaban J connectivity index is 1.18. The second kappa shape index (κ2) is 8.22. The average molecular weight is 454 g/mol. The number of rotatable bonds is 4. The lowest BCUT2D eigenvalue weighted by atomic mass is 10.0. The molecule has 0 amide bonds. The number of fused-ring (bicyclic) bond motifs is 2. The summed E-state index contributed by atoms with van der Waals surface area (Å²) in [6.45, 7) is 3.04. The number of H-pyrrole nitrogens is 1. The number of nitrogens with zero attached hydrogens (tertiary/aromatic N) is 4. The third-order valence-corrected chi connectivity index (χ3v) is 6.24. The first kappa shape index (κ1) is 20.3. The van der Waals surface area contributed by atoms with Crippen LogP contribution in [0.1, 0.15) is 5.56 Å². The van der Waals surface area contributed by atoms with Gasteiger partial charge in [-0.3, -0.25) is 0 Å². The topological polar surface area (TPSA) is 83.0 Å². The van der Waals surface area contributed by atoms with Crippen molar-refractivity contribution < 1.29 is 14.3 Å². The summed E-state index contributed by atoms with van der Waals surface area (Å²) >= 11 is 0. The second-order valence-corrected chi connectivity index (χ2v) is 8.31. The van der Waals surface area contributed by atoms with Gasteiger partial charge >= 0.3 is 5.97 Å². The van der Waals surface area contributed by atoms with Crippen molar-refractivity contribution in [3.63, 3.8) is 0 Å². The van der Waals surface area contributed by atoms with Crippen LogP contribution in [0.15, 0.2) is 77.6 Å². The highest BCUT2D eigenvalue weighted by molar-refractivity contribution is 6.16. The Morgan fingerprint density at radius 1 is 1.03 bits per heavy atom. The van der Waals surface area contributed by atoms with Crippen LogP contribution >= 0.6 is 0 Å². The molecule has 3 aromatic carbocycles. The molecule has 0 bridgehead atoms. The molecule has 0 aliphatic carbocycles. The zero-order valence-electron chi connectivity index (χ0n) is 18.7. The first-order chi connectivity index (χ1) is 16.7. The SMILES string of the molecule is COc1ccc2nc(N3CCN(/C=C4\N=C(c5cccc6ccccc56)OC4=O)CC3)[nH]c2c1. The molecule has 170 valence electrons. The van der Waals surface area contributed by atoms with Crippen LogP contribution in [-0.2, 0) is 9.53 Å². The highest BCUT2D eigenvalue weighted by Crippen LogP contribution is 2.25. The molecule has 1 saturated heterocycles. The van der Waals surface area contributed by atoms with E-state index in [-0.39, 0.29) is 0 Å². The third kappa shape index (κ3) is 3.63. The third-order valence-electron chi connectivity index (χ3n) is 6.24. The van der Waals surface area contributed by atoms with Crippen LogP contribution in [0.25, 0.3) is 21.8 Å². The molecular formula is C26H23N5O3. The number of hydrogen-bond acceptors (Lipinski definition) is 7. The van der Waals surface area contributed by atoms with Gasteiger partial charge in [0.25, 0.3) is 0 Å². The number of piperazine rings is 1. The van der Waals surface area contributed by atoms with Gasteiger partial charge in [0.05, 0.1) is 18.1 Å². The number of cyclic esters (lactones) is 1. The Morgan fingerprint density at radius 2 is 1.85 bits per heavy atom. The maximum Gasteiger partial charge on any atom is 0.365 e. The van der Waals surface area contributed by atoms with E-state index in [0.29, 0.717) is 11.6 Å². The number of esters is 1. The molecule has 0 radical (unpaired) electrons. The number of aromatic nitrogens is 2. The second-order valence-electron chi connectivity index (χ2n) is 8.31. The Hall–Kier alpha value is -4.33. The number of aromatic amines is 1. The van der Waals surface area contributed by atoms with Crippen LogP contribution in [0.4, 0.5) is 5.95 Å². The molecule has 3 heterocycles. The summed E-state index contributed by atoms with van der Waals surface area (Å²) in [5.41, 5.74) is 3.00. The van der Waals surface area contributed by atoms with E-state index in [4.69, 9.17) is 14.5 Å². The molecule has 1 fully saturated rings. The van der Waals surface area contributed by atoms with Crippen LogP contribution in [0.5, 0.6) is 5.75 Å². The molecule has 4 aromatic rings. The minimum absolute atomic E-state index is 0.326. The van der Waals surface area contributed by atoms with Gasteiger partial charge in [-0.2, -0.15) is 0 Å². The number of hydrogen-bond donors (Lipinski definition) is 1. The minimum atomic E-state index is -0.420. The number of nitrogens with one attached hydrogen (secondary N) is 1. The number of carbonyl (C=O) groups excluding carboxylic acids is 1. The smallest absolute Gasteiger partial charge is 0.365 e. The van der Waals surface area contributed by atoms with Crippen molar-refractivity contribution in [2.45, 2.75) is 0 Å². The molecule has 1 aromatic heterocycles. The van der Waals surface area contributed by atoms with E-state index in [9.17, 15) is 4.79 Å². The van der Waals surface area contributed by atoms with Gasteiger partial charge in [0.2, 0.25) is 11.8 Å². The lowest BCUT2D eigenvalue weighted by Gasteiger charge is -2.33. The highest BCUT2D eigenvalue weighted by Gasteiger charge is 2.27. The predicted molar refractivity (Wildman–Crippen MR) is 131 cm³/mol. The number of anilines is 1. The molecule has 0 unspecified atom stereocenters. The molecule has 2 aliphatic rings. The van der Waals surface area contributed by atoms with Crippen molar-refractivity contribution in [3.8, 4) is 5.75 Å². The number of ether oxygens (including phenoxy) is 2. The van der Waals surface area contributed by atoms with E-state index < -0.39 is 5.97 Å². The predicted octanol–water partition coefficient (Wildman–Crippen LogP) is 3.69. The molecule has 2 aliphatic heterocycles. The van der Waals surface area contributed by atoms with Crippen molar-refractivity contribution >= 4 is 39.6 Å². The van der Waals surface area contributed by atoms with Crippen LogP contribution < -0.4 is 9.64 Å². The van der Waals surface area contributed by atoms with E-state index >= 15 is 0 Å². The summed E-state index contributed by atoms with van der Waals surface area (Å²) in [7, 11) is 1.65. The number of imidazole rings is 1. The maximum atomic E-state index is 12.5. The molecule has 0 spiro atoms. The monoisotopic (exact) mass is 453 g/mol. The van der Waals surface area contributed by atoms with E-state index in [0.717, 1.165) is 65.2 Å². The fraction of sp³-hybridized carbons (Fsp3) is 0.192. The van der Waals surface area contributed by atoms with Crippen molar-refractivity contribution in [2.24, 2.45) is 4.99 Å². The number of aliphatic imine (C=N–C) groups is 1. The summed E-state index contributed by atoms with van der Waals surface area (Å²) in [4.78, 5) is 29.5. The number of benzene rings is 3. The molecule has 6 rings (SSSR count). The first-order valence-corrected chi connectivity index (χ1v) is 11.2. The highest BCUT2D eigenvalue weighted by atomic mass is 16.6. The summed E-state index contributed by atoms with van der Waals surface area (Å²) in [6, 6.07) is 19.7. The van der Waals surface area contributed by atoms with Gasteiger partial charge in [0, 0.05) is 44.0 Å². The molecule has 34 heavy (non-hydrogen) atoms. The maximum absolute atomic E-state index is 12.5. The lowest BCUT2D eigenvalue weighted by molar-refractivity contribution is -0.130. The Bertz CT molecular complexity index is 1460. The number of carbonyl (C=O) groups is 1. The van der Waals surface area contributed by atoms with Gasteiger partial charge in [-0.1, -0.05) is 36.4 Å². The normalized spacial score (nSPS) is 17.5. The average Bonchev–Trinajstić information content (AvgIpc) is 3.47. The van der Waals surface area contributed by atoms with Gasteiger partial charge in [0.15, 0.2) is 5.70 Å². The van der Waals surface area contributed by atoms with Crippen LogP contribution in [0.2, 0.25) is 0 Å². The molecule has 0 saturated carbocycles. The fourth-order valence-electron chi connectivity index (χ4n) is 4.41. The van der Waals surface area contributed by atoms with Crippen LogP contribution in [-0.4, -0.2) is 60.0 Å². The Kier molecular flexibility index (Phi) is 4.91. The van der Waals surface area contributed by atoms with E-state index in [1.807, 2.05) is 60.7 Å². The van der Waals surface area contributed by atoms with Crippen molar-refractivity contribution in [2.75, 3.05) is 38.2 Å². The Morgan fingerprint density at radius 3 is 2.71 bits per heavy atom. The molecule has 8 heteroatoms. The minimum Gasteiger partial charge on any atom is -0.497 e. The van der Waals surface area contributed by atoms with Gasteiger partial charge in [0.1, 0.15) is 5.75 Å². The summed E-state index contributed by atoms with van der Waals surface area (Å²) in [5, 5.41) is 2.09. The quantitative estimate of drug-likeness (QED) is 0.375. The van der Waals surface area contributed by atoms with E-state index in [1.54, 1.807) is 13.3 Å². The lowest BCUT2D eigenvalue weighted by Crippen LogP contribution is -2.44. The van der Waals surface area contributed by atoms with Crippen molar-refractivity contribution in [1.29, 1.82) is 0 Å². The molecule has 8 nitrogen and oxygen atoms in total. The van der Waals surface area contributed by atoms with Gasteiger partial charge in [-0.25, -0.2) is 14.8 Å². The van der Waals surface area contributed by atoms with Gasteiger partial charge in [-0.05, 0) is 29.0 Å². The molecule has 0 atom stereocenters.